The van der Waals surface area contributed by atoms with Crippen molar-refractivity contribution >= 4 is 0 Å². The van der Waals surface area contributed by atoms with Gasteiger partial charge in [0.2, 0.25) is 0 Å². The molecule has 1 fully saturated rings. The van der Waals surface area contributed by atoms with Crippen molar-refractivity contribution in [2.24, 2.45) is 11.3 Å². The van der Waals surface area contributed by atoms with Gasteiger partial charge in [0.15, 0.2) is 0 Å². The maximum Gasteiger partial charge on any atom is 0.00926 e. The molecule has 0 aliphatic heterocycles. The van der Waals surface area contributed by atoms with Crippen LogP contribution < -0.4 is 5.32 Å². The molecule has 0 heterocycles. The first kappa shape index (κ1) is 17.0. The van der Waals surface area contributed by atoms with Gasteiger partial charge in [-0.05, 0) is 57.5 Å². The van der Waals surface area contributed by atoms with Gasteiger partial charge in [0, 0.05) is 19.1 Å². The Kier molecular flexibility index (Phi) is 7.38. The highest BCUT2D eigenvalue weighted by Gasteiger charge is 2.29. The van der Waals surface area contributed by atoms with Crippen LogP contribution in [-0.2, 0) is 0 Å². The van der Waals surface area contributed by atoms with E-state index < -0.39 is 0 Å². The average Bonchev–Trinajstić information content (AvgIpc) is 2.39. The molecule has 1 unspecified atom stereocenters. The molecule has 1 saturated carbocycles. The van der Waals surface area contributed by atoms with E-state index in [9.17, 15) is 0 Å². The Morgan fingerprint density at radius 2 is 1.79 bits per heavy atom. The molecule has 1 atom stereocenters. The second-order valence-corrected chi connectivity index (χ2v) is 7.09. The predicted molar refractivity (Wildman–Crippen MR) is 85.6 cm³/mol. The molecule has 2 heteroatoms. The van der Waals surface area contributed by atoms with Gasteiger partial charge < -0.3 is 10.2 Å². The van der Waals surface area contributed by atoms with Gasteiger partial charge in [0.1, 0.15) is 0 Å². The van der Waals surface area contributed by atoms with Gasteiger partial charge in [-0.15, -0.1) is 0 Å². The number of nitrogens with zero attached hydrogens (tertiary/aromatic N) is 1. The van der Waals surface area contributed by atoms with E-state index in [4.69, 9.17) is 0 Å². The molecule has 0 aromatic heterocycles. The molecule has 0 aromatic rings. The molecule has 0 spiro atoms. The van der Waals surface area contributed by atoms with E-state index in [2.05, 4.69) is 45.1 Å². The zero-order valence-electron chi connectivity index (χ0n) is 14.0. The first-order chi connectivity index (χ1) is 9.04. The lowest BCUT2D eigenvalue weighted by Gasteiger charge is -2.40. The van der Waals surface area contributed by atoms with E-state index in [1.165, 1.54) is 51.5 Å². The Labute approximate surface area is 121 Å². The lowest BCUT2D eigenvalue weighted by molar-refractivity contribution is 0.103. The summed E-state index contributed by atoms with van der Waals surface area (Å²) in [4.78, 5) is 2.65. The van der Waals surface area contributed by atoms with Crippen LogP contribution in [0.2, 0.25) is 0 Å². The Bertz CT molecular complexity index is 225. The van der Waals surface area contributed by atoms with E-state index in [0.29, 0.717) is 5.41 Å². The molecular weight excluding hydrogens is 232 g/mol. The van der Waals surface area contributed by atoms with Crippen LogP contribution in [0, 0.1) is 11.3 Å². The lowest BCUT2D eigenvalue weighted by Crippen LogP contribution is -2.45. The number of hydrogen-bond donors (Lipinski definition) is 1. The quantitative estimate of drug-likeness (QED) is 0.718. The number of hydrogen-bond acceptors (Lipinski definition) is 2. The van der Waals surface area contributed by atoms with Crippen LogP contribution in [-0.4, -0.2) is 38.1 Å². The second kappa shape index (κ2) is 8.26. The van der Waals surface area contributed by atoms with Crippen LogP contribution in [0.1, 0.15) is 65.7 Å². The van der Waals surface area contributed by atoms with E-state index >= 15 is 0 Å². The van der Waals surface area contributed by atoms with Crippen molar-refractivity contribution in [1.82, 2.24) is 10.2 Å². The maximum absolute atomic E-state index is 3.39. The monoisotopic (exact) mass is 268 g/mol. The SMILES string of the molecule is CCCC(C)(CNC)CN(C)C1CCC(CC)CC1. The van der Waals surface area contributed by atoms with Crippen LogP contribution in [0.4, 0.5) is 0 Å². The molecule has 0 aromatic carbocycles. The topological polar surface area (TPSA) is 15.3 Å². The average molecular weight is 268 g/mol. The van der Waals surface area contributed by atoms with Gasteiger partial charge in [-0.1, -0.05) is 33.6 Å². The lowest BCUT2D eigenvalue weighted by atomic mass is 9.81. The van der Waals surface area contributed by atoms with Gasteiger partial charge in [-0.25, -0.2) is 0 Å². The van der Waals surface area contributed by atoms with Gasteiger partial charge in [0.25, 0.3) is 0 Å². The van der Waals surface area contributed by atoms with Crippen LogP contribution in [0.5, 0.6) is 0 Å². The first-order valence-corrected chi connectivity index (χ1v) is 8.39. The molecule has 19 heavy (non-hydrogen) atoms. The van der Waals surface area contributed by atoms with Crippen molar-refractivity contribution in [3.63, 3.8) is 0 Å². The van der Waals surface area contributed by atoms with Crippen molar-refractivity contribution in [1.29, 1.82) is 0 Å². The smallest absolute Gasteiger partial charge is 0.00926 e. The third kappa shape index (κ3) is 5.43. The predicted octanol–water partition coefficient (Wildman–Crippen LogP) is 3.91. The van der Waals surface area contributed by atoms with E-state index in [1.807, 2.05) is 0 Å². The van der Waals surface area contributed by atoms with E-state index in [0.717, 1.165) is 18.5 Å². The third-order valence-electron chi connectivity index (χ3n) is 5.11. The molecule has 2 nitrogen and oxygen atoms in total. The Balaban J connectivity index is 2.46. The highest BCUT2D eigenvalue weighted by atomic mass is 15.1. The fraction of sp³-hybridized carbons (Fsp3) is 1.00. The summed E-state index contributed by atoms with van der Waals surface area (Å²) in [6.45, 7) is 9.47. The Hall–Kier alpha value is -0.0800. The maximum atomic E-state index is 3.39. The molecule has 1 N–H and O–H groups in total. The zero-order chi connectivity index (χ0) is 14.3. The van der Waals surface area contributed by atoms with Crippen molar-refractivity contribution in [3.05, 3.63) is 0 Å². The summed E-state index contributed by atoms with van der Waals surface area (Å²) in [7, 11) is 4.43. The highest BCUT2D eigenvalue weighted by Crippen LogP contribution is 2.31. The summed E-state index contributed by atoms with van der Waals surface area (Å²) >= 11 is 0. The van der Waals surface area contributed by atoms with Gasteiger partial charge in [-0.2, -0.15) is 0 Å². The largest absolute Gasteiger partial charge is 0.319 e. The molecule has 114 valence electrons. The fourth-order valence-electron chi connectivity index (χ4n) is 3.98. The minimum Gasteiger partial charge on any atom is -0.319 e. The van der Waals surface area contributed by atoms with E-state index in [-0.39, 0.29) is 0 Å². The minimum absolute atomic E-state index is 0.430. The molecule has 0 amide bonds. The van der Waals surface area contributed by atoms with Gasteiger partial charge >= 0.3 is 0 Å². The van der Waals surface area contributed by atoms with Crippen LogP contribution in [0.25, 0.3) is 0 Å². The summed E-state index contributed by atoms with van der Waals surface area (Å²) < 4.78 is 0. The standard InChI is InChI=1S/C17H36N2/c1-6-12-17(3,13-18-4)14-19(5)16-10-8-15(7-2)9-11-16/h15-16,18H,6-14H2,1-5H3. The third-order valence-corrected chi connectivity index (χ3v) is 5.11. The Morgan fingerprint density at radius 3 is 2.26 bits per heavy atom. The van der Waals surface area contributed by atoms with Crippen molar-refractivity contribution < 1.29 is 0 Å². The molecule has 0 radical (unpaired) electrons. The van der Waals surface area contributed by atoms with Crippen molar-refractivity contribution in [2.45, 2.75) is 71.8 Å². The zero-order valence-corrected chi connectivity index (χ0v) is 14.0. The molecule has 0 saturated heterocycles. The summed E-state index contributed by atoms with van der Waals surface area (Å²) in [5, 5.41) is 3.39. The molecule has 0 bridgehead atoms. The van der Waals surface area contributed by atoms with Crippen molar-refractivity contribution in [2.75, 3.05) is 27.2 Å². The van der Waals surface area contributed by atoms with Gasteiger partial charge in [0.05, 0.1) is 0 Å². The summed E-state index contributed by atoms with van der Waals surface area (Å²) in [6.07, 6.45) is 9.71. The second-order valence-electron chi connectivity index (χ2n) is 7.09. The van der Waals surface area contributed by atoms with Crippen LogP contribution in [0.15, 0.2) is 0 Å². The number of nitrogens with one attached hydrogen (secondary N) is 1. The highest BCUT2D eigenvalue weighted by molar-refractivity contribution is 4.84. The molecular formula is C17H36N2. The van der Waals surface area contributed by atoms with E-state index in [1.54, 1.807) is 0 Å². The molecule has 1 aliphatic rings. The summed E-state index contributed by atoms with van der Waals surface area (Å²) in [5.74, 6) is 1.00. The summed E-state index contributed by atoms with van der Waals surface area (Å²) in [6, 6.07) is 0.829. The molecule has 1 rings (SSSR count). The van der Waals surface area contributed by atoms with Gasteiger partial charge in [-0.3, -0.25) is 0 Å². The molecule has 1 aliphatic carbocycles. The summed E-state index contributed by atoms with van der Waals surface area (Å²) in [5.41, 5.74) is 0.430. The normalized spacial score (nSPS) is 27.5. The van der Waals surface area contributed by atoms with Crippen molar-refractivity contribution in [3.8, 4) is 0 Å². The van der Waals surface area contributed by atoms with Crippen LogP contribution >= 0.6 is 0 Å². The first-order valence-electron chi connectivity index (χ1n) is 8.39. The minimum atomic E-state index is 0.430. The number of rotatable bonds is 8. The Morgan fingerprint density at radius 1 is 1.16 bits per heavy atom. The van der Waals surface area contributed by atoms with Crippen LogP contribution in [0.3, 0.4) is 0 Å². The fourth-order valence-corrected chi connectivity index (χ4v) is 3.98.